The van der Waals surface area contributed by atoms with Gasteiger partial charge in [0.05, 0.1) is 0 Å². The Morgan fingerprint density at radius 2 is 1.83 bits per heavy atom. The predicted octanol–water partition coefficient (Wildman–Crippen LogP) is 3.42. The second-order valence-electron chi connectivity index (χ2n) is 3.70. The molecule has 3 nitrogen and oxygen atoms in total. The Morgan fingerprint density at radius 1 is 1.17 bits per heavy atom. The highest BCUT2D eigenvalue weighted by atomic mass is 79.9. The molecule has 92 valence electrons. The number of hydrogen-bond acceptors (Lipinski definition) is 2. The SMILES string of the molecule is Nc1ccc(NC(=O)c2ccc(F)cc2)cc1Br. The number of carbonyl (C=O) groups is 1. The average molecular weight is 309 g/mol. The summed E-state index contributed by atoms with van der Waals surface area (Å²) in [6.07, 6.45) is 0. The lowest BCUT2D eigenvalue weighted by molar-refractivity contribution is 0.102. The largest absolute Gasteiger partial charge is 0.398 e. The molecule has 2 aromatic rings. The zero-order valence-electron chi connectivity index (χ0n) is 9.28. The summed E-state index contributed by atoms with van der Waals surface area (Å²) >= 11 is 3.28. The molecule has 5 heteroatoms. The number of nitrogens with two attached hydrogens (primary N) is 1. The van der Waals surface area contributed by atoms with E-state index in [0.29, 0.717) is 21.4 Å². The van der Waals surface area contributed by atoms with Gasteiger partial charge in [0.25, 0.3) is 5.91 Å². The molecule has 0 radical (unpaired) electrons. The summed E-state index contributed by atoms with van der Waals surface area (Å²) in [4.78, 5) is 11.8. The highest BCUT2D eigenvalue weighted by molar-refractivity contribution is 9.10. The van der Waals surface area contributed by atoms with Crippen LogP contribution in [0.1, 0.15) is 10.4 Å². The number of nitrogens with one attached hydrogen (secondary N) is 1. The molecule has 18 heavy (non-hydrogen) atoms. The van der Waals surface area contributed by atoms with Crippen LogP contribution in [0.2, 0.25) is 0 Å². The minimum absolute atomic E-state index is 0.299. The maximum atomic E-state index is 12.7. The van der Waals surface area contributed by atoms with Gasteiger partial charge in [-0.05, 0) is 58.4 Å². The minimum atomic E-state index is -0.373. The number of carbonyl (C=O) groups excluding carboxylic acids is 1. The van der Waals surface area contributed by atoms with E-state index in [1.165, 1.54) is 24.3 Å². The van der Waals surface area contributed by atoms with Crippen LogP contribution in [-0.4, -0.2) is 5.91 Å². The van der Waals surface area contributed by atoms with Gasteiger partial charge in [-0.1, -0.05) is 0 Å². The first-order valence-corrected chi connectivity index (χ1v) is 5.97. The fourth-order valence-electron chi connectivity index (χ4n) is 1.41. The minimum Gasteiger partial charge on any atom is -0.398 e. The molecule has 0 bridgehead atoms. The number of nitrogen functional groups attached to an aromatic ring is 1. The summed E-state index contributed by atoms with van der Waals surface area (Å²) in [6, 6.07) is 10.4. The van der Waals surface area contributed by atoms with E-state index in [4.69, 9.17) is 5.73 Å². The van der Waals surface area contributed by atoms with E-state index in [-0.39, 0.29) is 11.7 Å². The Balaban J connectivity index is 2.16. The highest BCUT2D eigenvalue weighted by Crippen LogP contribution is 2.23. The molecule has 0 aromatic heterocycles. The van der Waals surface area contributed by atoms with Crippen LogP contribution in [0.5, 0.6) is 0 Å². The van der Waals surface area contributed by atoms with Gasteiger partial charge in [0.2, 0.25) is 0 Å². The third-order valence-corrected chi connectivity index (χ3v) is 3.05. The molecule has 0 atom stereocenters. The molecule has 0 heterocycles. The van der Waals surface area contributed by atoms with E-state index < -0.39 is 0 Å². The number of hydrogen-bond donors (Lipinski definition) is 2. The molecule has 0 saturated carbocycles. The number of amides is 1. The maximum Gasteiger partial charge on any atom is 0.255 e. The standard InChI is InChI=1S/C13H10BrFN2O/c14-11-7-10(5-6-12(11)16)17-13(18)8-1-3-9(15)4-2-8/h1-7H,16H2,(H,17,18). The molecule has 1 amide bonds. The van der Waals surface area contributed by atoms with E-state index in [0.717, 1.165) is 0 Å². The van der Waals surface area contributed by atoms with Crippen LogP contribution < -0.4 is 11.1 Å². The van der Waals surface area contributed by atoms with Crippen molar-refractivity contribution in [2.75, 3.05) is 11.1 Å². The molecule has 0 aliphatic heterocycles. The Bertz CT molecular complexity index is 584. The number of rotatable bonds is 2. The van der Waals surface area contributed by atoms with E-state index in [1.54, 1.807) is 18.2 Å². The molecule has 2 aromatic carbocycles. The van der Waals surface area contributed by atoms with Gasteiger partial charge in [-0.2, -0.15) is 0 Å². The van der Waals surface area contributed by atoms with Gasteiger partial charge in [-0.15, -0.1) is 0 Å². The van der Waals surface area contributed by atoms with Gasteiger partial charge in [-0.25, -0.2) is 4.39 Å². The van der Waals surface area contributed by atoms with E-state index in [9.17, 15) is 9.18 Å². The molecular weight excluding hydrogens is 299 g/mol. The van der Waals surface area contributed by atoms with Gasteiger partial charge < -0.3 is 11.1 Å². The first kappa shape index (κ1) is 12.6. The van der Waals surface area contributed by atoms with Crippen LogP contribution in [0.25, 0.3) is 0 Å². The summed E-state index contributed by atoms with van der Waals surface area (Å²) < 4.78 is 13.4. The summed E-state index contributed by atoms with van der Waals surface area (Å²) in [5.41, 5.74) is 7.25. The van der Waals surface area contributed by atoms with E-state index in [1.807, 2.05) is 0 Å². The zero-order chi connectivity index (χ0) is 13.1. The van der Waals surface area contributed by atoms with Crippen LogP contribution in [0.3, 0.4) is 0 Å². The lowest BCUT2D eigenvalue weighted by Gasteiger charge is -2.06. The maximum absolute atomic E-state index is 12.7. The molecule has 0 spiro atoms. The topological polar surface area (TPSA) is 55.1 Å². The molecule has 0 saturated heterocycles. The van der Waals surface area contributed by atoms with Gasteiger partial charge in [0.15, 0.2) is 0 Å². The predicted molar refractivity (Wildman–Crippen MR) is 72.9 cm³/mol. The average Bonchev–Trinajstić information content (AvgIpc) is 2.34. The van der Waals surface area contributed by atoms with Crippen LogP contribution >= 0.6 is 15.9 Å². The molecule has 0 aliphatic carbocycles. The van der Waals surface area contributed by atoms with Crippen molar-refractivity contribution in [2.24, 2.45) is 0 Å². The van der Waals surface area contributed by atoms with E-state index >= 15 is 0 Å². The Morgan fingerprint density at radius 3 is 2.44 bits per heavy atom. The van der Waals surface area contributed by atoms with Gasteiger partial charge in [-0.3, -0.25) is 4.79 Å². The molecule has 0 unspecified atom stereocenters. The van der Waals surface area contributed by atoms with Gasteiger partial charge in [0, 0.05) is 21.4 Å². The van der Waals surface area contributed by atoms with Crippen LogP contribution in [-0.2, 0) is 0 Å². The molecule has 2 rings (SSSR count). The van der Waals surface area contributed by atoms with Crippen molar-refractivity contribution in [2.45, 2.75) is 0 Å². The lowest BCUT2D eigenvalue weighted by atomic mass is 10.2. The summed E-state index contributed by atoms with van der Waals surface area (Å²) in [7, 11) is 0. The first-order chi connectivity index (χ1) is 8.56. The zero-order valence-corrected chi connectivity index (χ0v) is 10.9. The summed E-state index contributed by atoms with van der Waals surface area (Å²) in [6.45, 7) is 0. The Labute approximate surface area is 112 Å². The summed E-state index contributed by atoms with van der Waals surface area (Å²) in [5, 5.41) is 2.70. The van der Waals surface area contributed by atoms with Crippen molar-refractivity contribution >= 4 is 33.2 Å². The van der Waals surface area contributed by atoms with Crippen molar-refractivity contribution in [1.29, 1.82) is 0 Å². The molecular formula is C13H10BrFN2O. The quantitative estimate of drug-likeness (QED) is 0.835. The molecule has 0 aliphatic rings. The highest BCUT2D eigenvalue weighted by Gasteiger charge is 2.06. The van der Waals surface area contributed by atoms with Gasteiger partial charge in [0.1, 0.15) is 5.82 Å². The second kappa shape index (κ2) is 5.18. The number of anilines is 2. The fraction of sp³-hybridized carbons (Fsp3) is 0. The van der Waals surface area contributed by atoms with Crippen molar-refractivity contribution in [3.8, 4) is 0 Å². The van der Waals surface area contributed by atoms with Crippen molar-refractivity contribution in [3.05, 3.63) is 58.3 Å². The first-order valence-electron chi connectivity index (χ1n) is 5.18. The number of halogens is 2. The Hall–Kier alpha value is -1.88. The lowest BCUT2D eigenvalue weighted by Crippen LogP contribution is -2.11. The number of benzene rings is 2. The monoisotopic (exact) mass is 308 g/mol. The van der Waals surface area contributed by atoms with Gasteiger partial charge >= 0.3 is 0 Å². The smallest absolute Gasteiger partial charge is 0.255 e. The van der Waals surface area contributed by atoms with E-state index in [2.05, 4.69) is 21.2 Å². The third-order valence-electron chi connectivity index (χ3n) is 2.36. The van der Waals surface area contributed by atoms with Crippen molar-refractivity contribution in [3.63, 3.8) is 0 Å². The van der Waals surface area contributed by atoms with Crippen LogP contribution in [0.4, 0.5) is 15.8 Å². The normalized spacial score (nSPS) is 10.1. The third kappa shape index (κ3) is 2.87. The van der Waals surface area contributed by atoms with Crippen molar-refractivity contribution < 1.29 is 9.18 Å². The summed E-state index contributed by atoms with van der Waals surface area (Å²) in [5.74, 6) is -0.673. The van der Waals surface area contributed by atoms with Crippen LogP contribution in [0, 0.1) is 5.82 Å². The molecule has 3 N–H and O–H groups in total. The molecule has 0 fully saturated rings. The second-order valence-corrected chi connectivity index (χ2v) is 4.55. The van der Waals surface area contributed by atoms with Crippen molar-refractivity contribution in [1.82, 2.24) is 0 Å². The fourth-order valence-corrected chi connectivity index (χ4v) is 1.79. The van der Waals surface area contributed by atoms with Crippen LogP contribution in [0.15, 0.2) is 46.9 Å². The Kier molecular flexibility index (Phi) is 3.62.